The predicted molar refractivity (Wildman–Crippen MR) is 39.2 cm³/mol. The molecule has 5 nitrogen and oxygen atoms in total. The Balaban J connectivity index is 2.58. The van der Waals surface area contributed by atoms with E-state index in [4.69, 9.17) is 14.3 Å². The molecular formula is C7H9NO4. The van der Waals surface area contributed by atoms with Gasteiger partial charge in [-0.3, -0.25) is 0 Å². The second kappa shape index (κ2) is 3.75. The van der Waals surface area contributed by atoms with Gasteiger partial charge in [0, 0.05) is 0 Å². The van der Waals surface area contributed by atoms with Crippen LogP contribution in [0.2, 0.25) is 0 Å². The Morgan fingerprint density at radius 1 is 1.83 bits per heavy atom. The third kappa shape index (κ3) is 1.98. The molecule has 12 heavy (non-hydrogen) atoms. The van der Waals surface area contributed by atoms with Gasteiger partial charge in [0.2, 0.25) is 0 Å². The standard InChI is InChI=1S/C7H9NO4/c1-2-3-11-7-8-5(4-12-7)6(9)10/h4H,2-3H2,1H3,(H,9,10). The van der Waals surface area contributed by atoms with Gasteiger partial charge in [-0.2, -0.15) is 4.98 Å². The van der Waals surface area contributed by atoms with Gasteiger partial charge in [0.1, 0.15) is 6.26 Å². The average Bonchev–Trinajstić information content (AvgIpc) is 2.48. The number of hydrogen-bond acceptors (Lipinski definition) is 4. The number of carboxylic acids is 1. The number of hydrogen-bond donors (Lipinski definition) is 1. The molecule has 0 saturated heterocycles. The van der Waals surface area contributed by atoms with E-state index in [-0.39, 0.29) is 11.8 Å². The van der Waals surface area contributed by atoms with Crippen LogP contribution in [0.1, 0.15) is 23.8 Å². The maximum atomic E-state index is 10.3. The minimum Gasteiger partial charge on any atom is -0.476 e. The monoisotopic (exact) mass is 171 g/mol. The lowest BCUT2D eigenvalue weighted by Crippen LogP contribution is -1.98. The van der Waals surface area contributed by atoms with Gasteiger partial charge >= 0.3 is 12.0 Å². The SMILES string of the molecule is CCCOc1nc(C(=O)O)co1. The lowest BCUT2D eigenvalue weighted by molar-refractivity contribution is 0.0690. The molecule has 0 amide bonds. The number of carbonyl (C=O) groups is 1. The molecule has 1 aromatic rings. The van der Waals surface area contributed by atoms with Crippen LogP contribution < -0.4 is 4.74 Å². The smallest absolute Gasteiger partial charge is 0.394 e. The quantitative estimate of drug-likeness (QED) is 0.735. The highest BCUT2D eigenvalue weighted by Gasteiger charge is 2.10. The van der Waals surface area contributed by atoms with E-state index in [1.54, 1.807) is 0 Å². The van der Waals surface area contributed by atoms with Crippen LogP contribution in [0, 0.1) is 0 Å². The summed E-state index contributed by atoms with van der Waals surface area (Å²) < 4.78 is 9.66. The molecular weight excluding hydrogens is 162 g/mol. The average molecular weight is 171 g/mol. The zero-order valence-corrected chi connectivity index (χ0v) is 6.61. The fraction of sp³-hybridized carbons (Fsp3) is 0.429. The molecule has 1 N–H and O–H groups in total. The highest BCUT2D eigenvalue weighted by Crippen LogP contribution is 2.09. The van der Waals surface area contributed by atoms with Crippen molar-refractivity contribution in [3.05, 3.63) is 12.0 Å². The van der Waals surface area contributed by atoms with E-state index in [2.05, 4.69) is 4.98 Å². The second-order valence-electron chi connectivity index (χ2n) is 2.15. The Labute approximate surface area is 69.0 Å². The lowest BCUT2D eigenvalue weighted by atomic mass is 10.5. The third-order valence-electron chi connectivity index (χ3n) is 1.13. The molecule has 0 bridgehead atoms. The molecule has 0 saturated carbocycles. The summed E-state index contributed by atoms with van der Waals surface area (Å²) in [6.45, 7) is 2.40. The van der Waals surface area contributed by atoms with Crippen LogP contribution in [0.3, 0.4) is 0 Å². The maximum Gasteiger partial charge on any atom is 0.394 e. The molecule has 1 rings (SSSR count). The van der Waals surface area contributed by atoms with Crippen LogP contribution in [-0.4, -0.2) is 22.7 Å². The van der Waals surface area contributed by atoms with Crippen LogP contribution in [-0.2, 0) is 0 Å². The summed E-state index contributed by atoms with van der Waals surface area (Å²) in [5, 5.41) is 8.45. The molecule has 0 spiro atoms. The molecule has 0 aliphatic carbocycles. The summed E-state index contributed by atoms with van der Waals surface area (Å²) in [6.07, 6.45) is 1.88. The number of aromatic nitrogens is 1. The Bertz CT molecular complexity index is 268. The van der Waals surface area contributed by atoms with E-state index in [0.717, 1.165) is 12.7 Å². The second-order valence-corrected chi connectivity index (χ2v) is 2.15. The molecule has 0 aliphatic heterocycles. The summed E-state index contributed by atoms with van der Waals surface area (Å²) in [7, 11) is 0. The molecule has 1 aromatic heterocycles. The van der Waals surface area contributed by atoms with Crippen molar-refractivity contribution in [3.8, 4) is 6.08 Å². The Morgan fingerprint density at radius 3 is 3.08 bits per heavy atom. The van der Waals surface area contributed by atoms with Gasteiger partial charge in [0.15, 0.2) is 5.69 Å². The van der Waals surface area contributed by atoms with Crippen LogP contribution in [0.4, 0.5) is 0 Å². The lowest BCUT2D eigenvalue weighted by Gasteiger charge is -1.94. The van der Waals surface area contributed by atoms with Crippen molar-refractivity contribution in [2.45, 2.75) is 13.3 Å². The number of oxazole rings is 1. The predicted octanol–water partition coefficient (Wildman–Crippen LogP) is 1.16. The van der Waals surface area contributed by atoms with Crippen LogP contribution in [0.25, 0.3) is 0 Å². The fourth-order valence-corrected chi connectivity index (χ4v) is 0.611. The molecule has 5 heteroatoms. The zero-order valence-electron chi connectivity index (χ0n) is 6.61. The van der Waals surface area contributed by atoms with E-state index in [0.29, 0.717) is 6.61 Å². The van der Waals surface area contributed by atoms with Crippen LogP contribution in [0.15, 0.2) is 10.7 Å². The van der Waals surface area contributed by atoms with Crippen molar-refractivity contribution in [3.63, 3.8) is 0 Å². The van der Waals surface area contributed by atoms with Gasteiger partial charge in [0.05, 0.1) is 6.61 Å². The van der Waals surface area contributed by atoms with Gasteiger partial charge in [-0.25, -0.2) is 4.79 Å². The van der Waals surface area contributed by atoms with Crippen molar-refractivity contribution in [1.29, 1.82) is 0 Å². The number of nitrogens with zero attached hydrogens (tertiary/aromatic N) is 1. The van der Waals surface area contributed by atoms with Gasteiger partial charge < -0.3 is 14.3 Å². The fourth-order valence-electron chi connectivity index (χ4n) is 0.611. The van der Waals surface area contributed by atoms with Crippen LogP contribution >= 0.6 is 0 Å². The summed E-state index contributed by atoms with van der Waals surface area (Å²) in [5.41, 5.74) is -0.138. The third-order valence-corrected chi connectivity index (χ3v) is 1.13. The van der Waals surface area contributed by atoms with Crippen molar-refractivity contribution in [1.82, 2.24) is 4.98 Å². The van der Waals surface area contributed by atoms with Crippen molar-refractivity contribution in [2.24, 2.45) is 0 Å². The van der Waals surface area contributed by atoms with E-state index in [1.807, 2.05) is 6.92 Å². The summed E-state index contributed by atoms with van der Waals surface area (Å²) in [5.74, 6) is -1.12. The molecule has 0 atom stereocenters. The van der Waals surface area contributed by atoms with Gasteiger partial charge in [-0.1, -0.05) is 6.92 Å². The maximum absolute atomic E-state index is 10.3. The molecule has 66 valence electrons. The largest absolute Gasteiger partial charge is 0.476 e. The normalized spacial score (nSPS) is 9.75. The number of carboxylic acid groups (broad SMARTS) is 1. The van der Waals surface area contributed by atoms with E-state index in [1.165, 1.54) is 0 Å². The first-order valence-electron chi connectivity index (χ1n) is 3.55. The topological polar surface area (TPSA) is 72.6 Å². The first kappa shape index (κ1) is 8.58. The molecule has 0 fully saturated rings. The first-order chi connectivity index (χ1) is 5.74. The van der Waals surface area contributed by atoms with Gasteiger partial charge in [0.25, 0.3) is 0 Å². The van der Waals surface area contributed by atoms with Crippen LogP contribution in [0.5, 0.6) is 6.08 Å². The van der Waals surface area contributed by atoms with Crippen molar-refractivity contribution in [2.75, 3.05) is 6.61 Å². The molecule has 0 aromatic carbocycles. The Morgan fingerprint density at radius 2 is 2.58 bits per heavy atom. The van der Waals surface area contributed by atoms with Crippen molar-refractivity contribution < 1.29 is 19.1 Å². The van der Waals surface area contributed by atoms with Crippen molar-refractivity contribution >= 4 is 5.97 Å². The number of ether oxygens (including phenoxy) is 1. The molecule has 1 heterocycles. The minimum absolute atomic E-state index is 0.00856. The van der Waals surface area contributed by atoms with E-state index >= 15 is 0 Å². The van der Waals surface area contributed by atoms with Gasteiger partial charge in [-0.15, -0.1) is 0 Å². The highest BCUT2D eigenvalue weighted by atomic mass is 16.6. The highest BCUT2D eigenvalue weighted by molar-refractivity contribution is 5.84. The Kier molecular flexibility index (Phi) is 2.68. The minimum atomic E-state index is -1.12. The number of aromatic carboxylic acids is 1. The molecule has 0 aliphatic rings. The van der Waals surface area contributed by atoms with E-state index in [9.17, 15) is 4.79 Å². The Hall–Kier alpha value is -1.52. The number of rotatable bonds is 4. The first-order valence-corrected chi connectivity index (χ1v) is 3.55. The summed E-state index contributed by atoms with van der Waals surface area (Å²) in [4.78, 5) is 13.9. The molecule has 0 radical (unpaired) electrons. The van der Waals surface area contributed by atoms with Gasteiger partial charge in [-0.05, 0) is 6.42 Å². The zero-order chi connectivity index (χ0) is 8.97. The summed E-state index contributed by atoms with van der Waals surface area (Å²) in [6, 6.07) is 0. The molecule has 0 unspecified atom stereocenters. The van der Waals surface area contributed by atoms with E-state index < -0.39 is 5.97 Å². The summed E-state index contributed by atoms with van der Waals surface area (Å²) >= 11 is 0.